The second-order valence-electron chi connectivity index (χ2n) is 3.59. The van der Waals surface area contributed by atoms with Gasteiger partial charge in [-0.2, -0.15) is 0 Å². The predicted molar refractivity (Wildman–Crippen MR) is 57.5 cm³/mol. The minimum atomic E-state index is 0.424. The number of nitrogens with one attached hydrogen (secondary N) is 1. The van der Waals surface area contributed by atoms with Crippen LogP contribution in [-0.4, -0.2) is 13.2 Å². The van der Waals surface area contributed by atoms with Crippen molar-refractivity contribution in [1.29, 1.82) is 0 Å². The van der Waals surface area contributed by atoms with Crippen LogP contribution >= 0.6 is 0 Å². The predicted octanol–water partition coefficient (Wildman–Crippen LogP) is 1.73. The SMILES string of the molecule is CNc1ccc(CN)c(OC2CC2)c1. The molecule has 1 aromatic rings. The summed E-state index contributed by atoms with van der Waals surface area (Å²) < 4.78 is 5.77. The molecule has 3 heteroatoms. The molecule has 0 radical (unpaired) electrons. The molecule has 0 saturated heterocycles. The largest absolute Gasteiger partial charge is 0.490 e. The molecule has 0 spiro atoms. The van der Waals surface area contributed by atoms with E-state index in [-0.39, 0.29) is 0 Å². The Morgan fingerprint density at radius 1 is 1.50 bits per heavy atom. The molecule has 1 aliphatic carbocycles. The van der Waals surface area contributed by atoms with Crippen LogP contribution in [0.5, 0.6) is 5.75 Å². The van der Waals surface area contributed by atoms with Crippen LogP contribution < -0.4 is 15.8 Å². The van der Waals surface area contributed by atoms with E-state index in [1.165, 1.54) is 12.8 Å². The van der Waals surface area contributed by atoms with Gasteiger partial charge in [0.05, 0.1) is 6.10 Å². The van der Waals surface area contributed by atoms with Gasteiger partial charge in [-0.25, -0.2) is 0 Å². The maximum Gasteiger partial charge on any atom is 0.126 e. The van der Waals surface area contributed by atoms with Gasteiger partial charge >= 0.3 is 0 Å². The fourth-order valence-electron chi connectivity index (χ4n) is 1.35. The van der Waals surface area contributed by atoms with Crippen molar-refractivity contribution in [3.63, 3.8) is 0 Å². The van der Waals surface area contributed by atoms with E-state index in [9.17, 15) is 0 Å². The molecule has 0 amide bonds. The van der Waals surface area contributed by atoms with Gasteiger partial charge in [0.1, 0.15) is 5.75 Å². The average molecular weight is 192 g/mol. The molecule has 1 aliphatic rings. The molecule has 0 aromatic heterocycles. The zero-order valence-corrected chi connectivity index (χ0v) is 8.42. The van der Waals surface area contributed by atoms with Crippen molar-refractivity contribution in [2.45, 2.75) is 25.5 Å². The van der Waals surface area contributed by atoms with Crippen LogP contribution in [0.15, 0.2) is 18.2 Å². The summed E-state index contributed by atoms with van der Waals surface area (Å²) in [5.74, 6) is 0.932. The highest BCUT2D eigenvalue weighted by atomic mass is 16.5. The van der Waals surface area contributed by atoms with E-state index < -0.39 is 0 Å². The van der Waals surface area contributed by atoms with Crippen molar-refractivity contribution in [3.8, 4) is 5.75 Å². The fraction of sp³-hybridized carbons (Fsp3) is 0.455. The second-order valence-corrected chi connectivity index (χ2v) is 3.59. The van der Waals surface area contributed by atoms with Crippen LogP contribution in [0.2, 0.25) is 0 Å². The minimum absolute atomic E-state index is 0.424. The summed E-state index contributed by atoms with van der Waals surface area (Å²) in [5, 5.41) is 3.09. The molecule has 0 unspecified atom stereocenters. The first-order valence-corrected chi connectivity index (χ1v) is 5.01. The van der Waals surface area contributed by atoms with Gasteiger partial charge in [0.15, 0.2) is 0 Å². The lowest BCUT2D eigenvalue weighted by Gasteiger charge is -2.11. The standard InChI is InChI=1S/C11H16N2O/c1-13-9-3-2-8(7-12)11(6-9)14-10-4-5-10/h2-3,6,10,13H,4-5,7,12H2,1H3. The number of nitrogens with two attached hydrogens (primary N) is 1. The first kappa shape index (κ1) is 9.34. The summed E-state index contributed by atoms with van der Waals surface area (Å²) in [6.07, 6.45) is 2.77. The van der Waals surface area contributed by atoms with E-state index in [1.807, 2.05) is 25.2 Å². The topological polar surface area (TPSA) is 47.3 Å². The van der Waals surface area contributed by atoms with E-state index >= 15 is 0 Å². The van der Waals surface area contributed by atoms with E-state index in [0.29, 0.717) is 12.6 Å². The van der Waals surface area contributed by atoms with Crippen LogP contribution in [0.3, 0.4) is 0 Å². The van der Waals surface area contributed by atoms with Crippen molar-refractivity contribution in [3.05, 3.63) is 23.8 Å². The molecule has 1 fully saturated rings. The molecule has 3 nitrogen and oxygen atoms in total. The maximum absolute atomic E-state index is 5.77. The molecular formula is C11H16N2O. The Morgan fingerprint density at radius 3 is 2.86 bits per heavy atom. The number of rotatable bonds is 4. The number of anilines is 1. The summed E-state index contributed by atoms with van der Waals surface area (Å²) in [6, 6.07) is 6.05. The van der Waals surface area contributed by atoms with E-state index in [0.717, 1.165) is 17.0 Å². The van der Waals surface area contributed by atoms with E-state index in [4.69, 9.17) is 10.5 Å². The molecule has 76 valence electrons. The highest BCUT2D eigenvalue weighted by molar-refractivity contribution is 5.51. The Morgan fingerprint density at radius 2 is 2.29 bits per heavy atom. The quantitative estimate of drug-likeness (QED) is 0.763. The van der Waals surface area contributed by atoms with Gasteiger partial charge in [0, 0.05) is 30.9 Å². The average Bonchev–Trinajstić information content (AvgIpc) is 3.01. The number of benzene rings is 1. The Balaban J connectivity index is 2.21. The van der Waals surface area contributed by atoms with E-state index in [2.05, 4.69) is 5.32 Å². The van der Waals surface area contributed by atoms with Crippen molar-refractivity contribution in [2.24, 2.45) is 5.73 Å². The Labute approximate surface area is 84.3 Å². The highest BCUT2D eigenvalue weighted by Crippen LogP contribution is 2.30. The van der Waals surface area contributed by atoms with Crippen LogP contribution in [-0.2, 0) is 6.54 Å². The highest BCUT2D eigenvalue weighted by Gasteiger charge is 2.24. The summed E-state index contributed by atoms with van der Waals surface area (Å²) in [6.45, 7) is 0.534. The lowest BCUT2D eigenvalue weighted by Crippen LogP contribution is -2.04. The van der Waals surface area contributed by atoms with Crippen molar-refractivity contribution < 1.29 is 4.74 Å². The molecule has 0 aliphatic heterocycles. The summed E-state index contributed by atoms with van der Waals surface area (Å²) >= 11 is 0. The van der Waals surface area contributed by atoms with Crippen molar-refractivity contribution in [2.75, 3.05) is 12.4 Å². The zero-order chi connectivity index (χ0) is 9.97. The third-order valence-electron chi connectivity index (χ3n) is 2.39. The lowest BCUT2D eigenvalue weighted by molar-refractivity contribution is 0.300. The smallest absolute Gasteiger partial charge is 0.126 e. The third kappa shape index (κ3) is 1.99. The Hall–Kier alpha value is -1.22. The molecule has 14 heavy (non-hydrogen) atoms. The molecule has 3 N–H and O–H groups in total. The van der Waals surface area contributed by atoms with Crippen molar-refractivity contribution >= 4 is 5.69 Å². The first-order chi connectivity index (χ1) is 6.83. The summed E-state index contributed by atoms with van der Waals surface area (Å²) in [7, 11) is 1.90. The molecular weight excluding hydrogens is 176 g/mol. The normalized spacial score (nSPS) is 15.3. The van der Waals surface area contributed by atoms with Gasteiger partial charge in [0.2, 0.25) is 0 Å². The lowest BCUT2D eigenvalue weighted by atomic mass is 10.2. The van der Waals surface area contributed by atoms with Gasteiger partial charge in [0.25, 0.3) is 0 Å². The molecule has 0 bridgehead atoms. The van der Waals surface area contributed by atoms with Crippen LogP contribution in [0, 0.1) is 0 Å². The first-order valence-electron chi connectivity index (χ1n) is 5.01. The molecule has 0 heterocycles. The number of hydrogen-bond acceptors (Lipinski definition) is 3. The monoisotopic (exact) mass is 192 g/mol. The van der Waals surface area contributed by atoms with Gasteiger partial charge < -0.3 is 15.8 Å². The second kappa shape index (κ2) is 3.88. The minimum Gasteiger partial charge on any atom is -0.490 e. The van der Waals surface area contributed by atoms with E-state index in [1.54, 1.807) is 0 Å². The molecule has 0 atom stereocenters. The van der Waals surface area contributed by atoms with Crippen LogP contribution in [0.4, 0.5) is 5.69 Å². The molecule has 1 aromatic carbocycles. The molecule has 2 rings (SSSR count). The Kier molecular flexibility index (Phi) is 2.59. The number of hydrogen-bond donors (Lipinski definition) is 2. The fourth-order valence-corrected chi connectivity index (χ4v) is 1.35. The van der Waals surface area contributed by atoms with Gasteiger partial charge in [-0.05, 0) is 18.9 Å². The van der Waals surface area contributed by atoms with Gasteiger partial charge in [-0.3, -0.25) is 0 Å². The number of ether oxygens (including phenoxy) is 1. The van der Waals surface area contributed by atoms with Crippen LogP contribution in [0.1, 0.15) is 18.4 Å². The summed E-state index contributed by atoms with van der Waals surface area (Å²) in [4.78, 5) is 0. The third-order valence-corrected chi connectivity index (χ3v) is 2.39. The van der Waals surface area contributed by atoms with Crippen LogP contribution in [0.25, 0.3) is 0 Å². The maximum atomic E-state index is 5.77. The zero-order valence-electron chi connectivity index (χ0n) is 8.42. The van der Waals surface area contributed by atoms with Gasteiger partial charge in [-0.1, -0.05) is 6.07 Å². The Bertz CT molecular complexity index is 321. The van der Waals surface area contributed by atoms with Gasteiger partial charge in [-0.15, -0.1) is 0 Å². The summed E-state index contributed by atoms with van der Waals surface area (Å²) in [5.41, 5.74) is 7.78. The van der Waals surface area contributed by atoms with Crippen molar-refractivity contribution in [1.82, 2.24) is 0 Å². The molecule has 1 saturated carbocycles.